The van der Waals surface area contributed by atoms with E-state index in [2.05, 4.69) is 22.1 Å². The van der Waals surface area contributed by atoms with E-state index < -0.39 is 0 Å². The summed E-state index contributed by atoms with van der Waals surface area (Å²) in [5.41, 5.74) is 1.26. The second kappa shape index (κ2) is 7.64. The predicted octanol–water partition coefficient (Wildman–Crippen LogP) is 2.05. The van der Waals surface area contributed by atoms with Crippen LogP contribution >= 0.6 is 0 Å². The van der Waals surface area contributed by atoms with Gasteiger partial charge in [0, 0.05) is 37.1 Å². The maximum Gasteiger partial charge on any atom is 0.270 e. The molecular weight excluding hydrogens is 340 g/mol. The number of hydrogen-bond donors (Lipinski definition) is 1. The minimum atomic E-state index is -0.146. The zero-order chi connectivity index (χ0) is 18.8. The molecule has 0 radical (unpaired) electrons. The number of aromatic nitrogens is 1. The molecule has 27 heavy (non-hydrogen) atoms. The number of nitrogens with one attached hydrogen (secondary N) is 1. The van der Waals surface area contributed by atoms with Gasteiger partial charge in [-0.05, 0) is 38.3 Å². The molecule has 1 aromatic heterocycles. The molecule has 2 aromatic rings. The second-order valence-corrected chi connectivity index (χ2v) is 7.66. The van der Waals surface area contributed by atoms with E-state index in [1.165, 1.54) is 0 Å². The molecule has 0 spiro atoms. The molecule has 2 saturated heterocycles. The van der Waals surface area contributed by atoms with Gasteiger partial charge in [0.05, 0.1) is 12.1 Å². The molecule has 142 valence electrons. The minimum absolute atomic E-state index is 0.0644. The third-order valence-electron chi connectivity index (χ3n) is 5.67. The molecule has 2 atom stereocenters. The fourth-order valence-corrected chi connectivity index (χ4v) is 4.13. The summed E-state index contributed by atoms with van der Waals surface area (Å²) < 4.78 is 0. The van der Waals surface area contributed by atoms with Crippen LogP contribution in [0, 0.1) is 0 Å². The van der Waals surface area contributed by atoms with Crippen molar-refractivity contribution in [3.8, 4) is 0 Å². The van der Waals surface area contributed by atoms with Crippen LogP contribution in [0.5, 0.6) is 0 Å². The van der Waals surface area contributed by atoms with Crippen molar-refractivity contribution in [3.63, 3.8) is 0 Å². The van der Waals surface area contributed by atoms with Gasteiger partial charge in [0.15, 0.2) is 0 Å². The maximum absolute atomic E-state index is 12.6. The number of amides is 2. The van der Waals surface area contributed by atoms with Crippen LogP contribution in [0.3, 0.4) is 0 Å². The van der Waals surface area contributed by atoms with Gasteiger partial charge in [-0.25, -0.2) is 4.98 Å². The van der Waals surface area contributed by atoms with Crippen LogP contribution in [0.4, 0.5) is 0 Å². The average molecular weight is 366 g/mol. The number of rotatable bonds is 4. The quantitative estimate of drug-likeness (QED) is 0.899. The van der Waals surface area contributed by atoms with Gasteiger partial charge < -0.3 is 10.2 Å². The molecule has 1 N–H and O–H groups in total. The van der Waals surface area contributed by atoms with Gasteiger partial charge in [-0.15, -0.1) is 0 Å². The summed E-state index contributed by atoms with van der Waals surface area (Å²) in [5, 5.41) is 4.10. The molecule has 1 aromatic carbocycles. The molecule has 0 unspecified atom stereocenters. The van der Waals surface area contributed by atoms with E-state index in [-0.39, 0.29) is 17.9 Å². The lowest BCUT2D eigenvalue weighted by atomic mass is 10.2. The molecule has 2 amide bonds. The van der Waals surface area contributed by atoms with E-state index in [1.54, 1.807) is 6.07 Å². The van der Waals surface area contributed by atoms with Crippen molar-refractivity contribution in [3.05, 3.63) is 42.1 Å². The van der Waals surface area contributed by atoms with Crippen molar-refractivity contribution < 1.29 is 9.59 Å². The van der Waals surface area contributed by atoms with Gasteiger partial charge in [-0.3, -0.25) is 14.5 Å². The molecule has 0 bridgehead atoms. The molecule has 0 saturated carbocycles. The number of fused-ring (bicyclic) bond motifs is 1. The number of nitrogens with zero attached hydrogens (tertiary/aromatic N) is 3. The molecule has 2 fully saturated rings. The third kappa shape index (κ3) is 3.95. The number of carbonyl (C=O) groups is 2. The normalized spacial score (nSPS) is 23.1. The Hall–Kier alpha value is -2.47. The summed E-state index contributed by atoms with van der Waals surface area (Å²) in [6.45, 7) is 5.00. The molecule has 4 rings (SSSR count). The van der Waals surface area contributed by atoms with Crippen LogP contribution in [-0.2, 0) is 4.79 Å². The van der Waals surface area contributed by atoms with E-state index in [4.69, 9.17) is 0 Å². The first-order chi connectivity index (χ1) is 13.1. The Morgan fingerprint density at radius 3 is 2.81 bits per heavy atom. The number of likely N-dealkylation sites (tertiary alicyclic amines) is 2. The van der Waals surface area contributed by atoms with Gasteiger partial charge in [-0.2, -0.15) is 0 Å². The van der Waals surface area contributed by atoms with E-state index in [1.807, 2.05) is 35.2 Å². The van der Waals surface area contributed by atoms with E-state index >= 15 is 0 Å². The number of benzene rings is 1. The summed E-state index contributed by atoms with van der Waals surface area (Å²) in [7, 11) is 0. The smallest absolute Gasteiger partial charge is 0.270 e. The molecule has 0 aliphatic carbocycles. The lowest BCUT2D eigenvalue weighted by Gasteiger charge is -2.24. The summed E-state index contributed by atoms with van der Waals surface area (Å²) in [4.78, 5) is 33.6. The summed E-state index contributed by atoms with van der Waals surface area (Å²) in [6.07, 6.45) is 3.07. The fraction of sp³-hybridized carbons (Fsp3) is 0.476. The van der Waals surface area contributed by atoms with Crippen LogP contribution in [0.2, 0.25) is 0 Å². The molecule has 6 heteroatoms. The minimum Gasteiger partial charge on any atom is -0.347 e. The zero-order valence-corrected chi connectivity index (χ0v) is 15.7. The van der Waals surface area contributed by atoms with Gasteiger partial charge in [0.2, 0.25) is 5.91 Å². The summed E-state index contributed by atoms with van der Waals surface area (Å²) in [5.74, 6) is 0.0651. The Labute approximate surface area is 159 Å². The Balaban J connectivity index is 1.32. The second-order valence-electron chi connectivity index (χ2n) is 7.66. The Kier molecular flexibility index (Phi) is 5.07. The van der Waals surface area contributed by atoms with Crippen LogP contribution in [0.25, 0.3) is 10.9 Å². The van der Waals surface area contributed by atoms with Crippen LogP contribution in [0.1, 0.15) is 36.7 Å². The van der Waals surface area contributed by atoms with Crippen molar-refractivity contribution in [1.82, 2.24) is 20.1 Å². The SMILES string of the molecule is C[C@@H]1CCCN1C(=O)CN1CC[C@H](NC(=O)c2ccc3ccccc3n2)C1. The van der Waals surface area contributed by atoms with E-state index in [9.17, 15) is 9.59 Å². The van der Waals surface area contributed by atoms with Crippen LogP contribution in [-0.4, -0.2) is 64.9 Å². The monoisotopic (exact) mass is 366 g/mol. The first-order valence-electron chi connectivity index (χ1n) is 9.78. The van der Waals surface area contributed by atoms with Gasteiger partial charge >= 0.3 is 0 Å². The van der Waals surface area contributed by atoms with Crippen molar-refractivity contribution in [2.45, 2.75) is 38.3 Å². The average Bonchev–Trinajstić information content (AvgIpc) is 3.30. The number of carbonyl (C=O) groups excluding carboxylic acids is 2. The van der Waals surface area contributed by atoms with Gasteiger partial charge in [0.25, 0.3) is 5.91 Å². The van der Waals surface area contributed by atoms with Gasteiger partial charge in [-0.1, -0.05) is 24.3 Å². The highest BCUT2D eigenvalue weighted by Crippen LogP contribution is 2.18. The highest BCUT2D eigenvalue weighted by atomic mass is 16.2. The van der Waals surface area contributed by atoms with Crippen LogP contribution < -0.4 is 5.32 Å². The third-order valence-corrected chi connectivity index (χ3v) is 5.67. The largest absolute Gasteiger partial charge is 0.347 e. The Morgan fingerprint density at radius 2 is 2.00 bits per heavy atom. The first kappa shape index (κ1) is 17.9. The van der Waals surface area contributed by atoms with Crippen molar-refractivity contribution >= 4 is 22.7 Å². The zero-order valence-electron chi connectivity index (χ0n) is 15.7. The van der Waals surface area contributed by atoms with E-state index in [0.717, 1.165) is 43.3 Å². The molecule has 3 heterocycles. The highest BCUT2D eigenvalue weighted by Gasteiger charge is 2.30. The van der Waals surface area contributed by atoms with Crippen molar-refractivity contribution in [2.24, 2.45) is 0 Å². The fourth-order valence-electron chi connectivity index (χ4n) is 4.13. The standard InChI is InChI=1S/C21H26N4O2/c1-15-5-4-11-25(15)20(26)14-24-12-10-17(13-24)22-21(27)19-9-8-16-6-2-3-7-18(16)23-19/h2-3,6-9,15,17H,4-5,10-14H2,1H3,(H,22,27)/t15-,17+/m1/s1. The van der Waals surface area contributed by atoms with E-state index in [0.29, 0.717) is 24.8 Å². The lowest BCUT2D eigenvalue weighted by molar-refractivity contribution is -0.132. The first-order valence-corrected chi connectivity index (χ1v) is 9.78. The number of para-hydroxylation sites is 1. The maximum atomic E-state index is 12.6. The van der Waals surface area contributed by atoms with Crippen molar-refractivity contribution in [1.29, 1.82) is 0 Å². The Bertz CT molecular complexity index is 853. The number of hydrogen-bond acceptors (Lipinski definition) is 4. The number of pyridine rings is 1. The molecular formula is C21H26N4O2. The highest BCUT2D eigenvalue weighted by molar-refractivity contribution is 5.95. The van der Waals surface area contributed by atoms with Crippen molar-refractivity contribution in [2.75, 3.05) is 26.2 Å². The molecule has 2 aliphatic heterocycles. The Morgan fingerprint density at radius 1 is 1.15 bits per heavy atom. The summed E-state index contributed by atoms with van der Waals surface area (Å²) in [6, 6.07) is 11.9. The lowest BCUT2D eigenvalue weighted by Crippen LogP contribution is -2.43. The predicted molar refractivity (Wildman–Crippen MR) is 104 cm³/mol. The molecule has 2 aliphatic rings. The van der Waals surface area contributed by atoms with Gasteiger partial charge in [0.1, 0.15) is 5.69 Å². The summed E-state index contributed by atoms with van der Waals surface area (Å²) >= 11 is 0. The molecule has 6 nitrogen and oxygen atoms in total. The topological polar surface area (TPSA) is 65.5 Å². The van der Waals surface area contributed by atoms with Crippen LogP contribution in [0.15, 0.2) is 36.4 Å².